The zero-order valence-electron chi connectivity index (χ0n) is 28.2. The Morgan fingerprint density at radius 3 is 2.25 bits per heavy atom. The molecule has 10 heteroatoms. The monoisotopic (exact) mass is 700 g/mol. The van der Waals surface area contributed by atoms with Crippen molar-refractivity contribution in [2.45, 2.75) is 92.8 Å². The van der Waals surface area contributed by atoms with Gasteiger partial charge in [0.05, 0.1) is 24.7 Å². The van der Waals surface area contributed by atoms with Crippen LogP contribution in [0.5, 0.6) is 5.75 Å². The van der Waals surface area contributed by atoms with E-state index in [1.165, 1.54) is 37.1 Å². The molecule has 4 aromatic carbocycles. The number of hydrogen-bond acceptors (Lipinski definition) is 8. The molecule has 0 spiro atoms. The second-order valence-corrected chi connectivity index (χ2v) is 14.0. The van der Waals surface area contributed by atoms with Gasteiger partial charge in [0.15, 0.2) is 0 Å². The van der Waals surface area contributed by atoms with Gasteiger partial charge in [-0.05, 0) is 82.6 Å². The smallest absolute Gasteiger partial charge is 0.744 e. The van der Waals surface area contributed by atoms with E-state index >= 15 is 0 Å². The summed E-state index contributed by atoms with van der Waals surface area (Å²) in [7, 11) is -4.83. The summed E-state index contributed by atoms with van der Waals surface area (Å²) < 4.78 is 49.1. The molecule has 0 aliphatic rings. The van der Waals surface area contributed by atoms with E-state index in [4.69, 9.17) is 9.47 Å². The zero-order chi connectivity index (χ0) is 33.6. The van der Waals surface area contributed by atoms with E-state index in [1.807, 2.05) is 36.4 Å². The van der Waals surface area contributed by atoms with Crippen LogP contribution in [0.3, 0.4) is 0 Å². The molecule has 0 aliphatic carbocycles. The number of rotatable bonds is 19. The number of hydrogen-bond donors (Lipinski definition) is 2. The quantitative estimate of drug-likeness (QED) is 0.0733. The molecule has 0 saturated carbocycles. The van der Waals surface area contributed by atoms with Gasteiger partial charge >= 0.3 is 29.6 Å². The molecule has 4 rings (SSSR count). The standard InChI is InChI=1S/C38H46O7S2.Na/c1-3-5-7-8-11-22-44-27-28-14-15-30(26-39)35(24-28)38(40)34-13-10-9-12-33(34)29-16-21-36(37(25-29)47(41,42)43)46-32-19-17-31(18-20-32)45-23-6-4-2;/h9-10,12-21,24-25,38-40H,3-8,11,22-23,26-27H2,1-2H3,(H,41,42,43);/q;+1/p-1. The van der Waals surface area contributed by atoms with Crippen LogP contribution in [0.15, 0.2) is 99.6 Å². The molecule has 4 aromatic rings. The fraction of sp³-hybridized carbons (Fsp3) is 0.368. The van der Waals surface area contributed by atoms with Crippen LogP contribution in [0.1, 0.15) is 87.2 Å². The fourth-order valence-corrected chi connectivity index (χ4v) is 7.16. The molecule has 0 amide bonds. The third-order valence-corrected chi connectivity index (χ3v) is 10.0. The summed E-state index contributed by atoms with van der Waals surface area (Å²) in [5.41, 5.74) is 3.56. The van der Waals surface area contributed by atoms with E-state index in [-0.39, 0.29) is 41.1 Å². The van der Waals surface area contributed by atoms with Crippen molar-refractivity contribution in [1.82, 2.24) is 0 Å². The molecule has 0 heterocycles. The summed E-state index contributed by atoms with van der Waals surface area (Å²) >= 11 is 1.18. The fourth-order valence-electron chi connectivity index (χ4n) is 5.32. The maximum absolute atomic E-state index is 12.5. The van der Waals surface area contributed by atoms with E-state index in [9.17, 15) is 23.2 Å². The Labute approximate surface area is 312 Å². The van der Waals surface area contributed by atoms with E-state index in [2.05, 4.69) is 13.8 Å². The van der Waals surface area contributed by atoms with E-state index in [0.29, 0.717) is 52.5 Å². The van der Waals surface area contributed by atoms with Crippen LogP contribution in [-0.4, -0.2) is 36.4 Å². The van der Waals surface area contributed by atoms with Crippen molar-refractivity contribution in [3.8, 4) is 16.9 Å². The van der Waals surface area contributed by atoms with Gasteiger partial charge in [0.2, 0.25) is 0 Å². The van der Waals surface area contributed by atoms with Gasteiger partial charge in [-0.25, -0.2) is 8.42 Å². The molecule has 1 atom stereocenters. The Bertz CT molecular complexity index is 1680. The normalized spacial score (nSPS) is 12.0. The summed E-state index contributed by atoms with van der Waals surface area (Å²) in [4.78, 5) is 0.734. The van der Waals surface area contributed by atoms with Gasteiger partial charge in [0.1, 0.15) is 22.0 Å². The molecule has 0 fully saturated rings. The number of aliphatic hydroxyl groups is 2. The summed E-state index contributed by atoms with van der Waals surface area (Å²) in [6.07, 6.45) is 6.62. The average Bonchev–Trinajstić information content (AvgIpc) is 3.08. The molecule has 0 saturated heterocycles. The topological polar surface area (TPSA) is 116 Å². The summed E-state index contributed by atoms with van der Waals surface area (Å²) in [5.74, 6) is 0.727. The zero-order valence-corrected chi connectivity index (χ0v) is 31.8. The van der Waals surface area contributed by atoms with Crippen LogP contribution in [0.2, 0.25) is 0 Å². The van der Waals surface area contributed by atoms with Crippen molar-refractivity contribution in [2.24, 2.45) is 0 Å². The third kappa shape index (κ3) is 11.7. The van der Waals surface area contributed by atoms with Gasteiger partial charge in [0, 0.05) is 16.4 Å². The Balaban J connectivity index is 0.00000625. The molecule has 0 bridgehead atoms. The van der Waals surface area contributed by atoms with E-state index < -0.39 is 16.2 Å². The minimum atomic E-state index is -4.83. The van der Waals surface area contributed by atoms with Crippen LogP contribution in [0, 0.1) is 0 Å². The second kappa shape index (κ2) is 20.5. The summed E-state index contributed by atoms with van der Waals surface area (Å²) in [6.45, 7) is 5.69. The Kier molecular flexibility index (Phi) is 17.2. The molecular weight excluding hydrogens is 656 g/mol. The Hall–Kier alpha value is -2.18. The molecule has 0 aromatic heterocycles. The van der Waals surface area contributed by atoms with Crippen LogP contribution < -0.4 is 34.3 Å². The van der Waals surface area contributed by atoms with Crippen molar-refractivity contribution in [1.29, 1.82) is 0 Å². The van der Waals surface area contributed by atoms with Crippen molar-refractivity contribution in [3.05, 3.63) is 107 Å². The van der Waals surface area contributed by atoms with E-state index in [1.54, 1.807) is 42.5 Å². The van der Waals surface area contributed by atoms with Crippen molar-refractivity contribution >= 4 is 21.9 Å². The third-order valence-electron chi connectivity index (χ3n) is 7.93. The average molecular weight is 701 g/mol. The number of ether oxygens (including phenoxy) is 2. The van der Waals surface area contributed by atoms with Gasteiger partial charge in [-0.15, -0.1) is 0 Å². The first-order valence-electron chi connectivity index (χ1n) is 16.3. The van der Waals surface area contributed by atoms with Crippen molar-refractivity contribution in [2.75, 3.05) is 13.2 Å². The van der Waals surface area contributed by atoms with Gasteiger partial charge in [-0.2, -0.15) is 0 Å². The van der Waals surface area contributed by atoms with Gasteiger partial charge in [-0.3, -0.25) is 0 Å². The van der Waals surface area contributed by atoms with Crippen LogP contribution in [0.4, 0.5) is 0 Å². The summed E-state index contributed by atoms with van der Waals surface area (Å²) in [5, 5.41) is 21.8. The number of benzene rings is 4. The Morgan fingerprint density at radius 1 is 0.812 bits per heavy atom. The van der Waals surface area contributed by atoms with Gasteiger partial charge < -0.3 is 24.2 Å². The molecule has 48 heavy (non-hydrogen) atoms. The van der Waals surface area contributed by atoms with E-state index in [0.717, 1.165) is 41.9 Å². The Morgan fingerprint density at radius 2 is 1.54 bits per heavy atom. The predicted octanol–water partition coefficient (Wildman–Crippen LogP) is 5.65. The maximum atomic E-state index is 12.5. The molecule has 2 N–H and O–H groups in total. The molecule has 7 nitrogen and oxygen atoms in total. The first-order valence-corrected chi connectivity index (χ1v) is 18.6. The largest absolute Gasteiger partial charge is 1.00 e. The number of aliphatic hydroxyl groups excluding tert-OH is 2. The number of unbranched alkanes of at least 4 members (excludes halogenated alkanes) is 5. The first kappa shape index (κ1) is 40.3. The first-order chi connectivity index (χ1) is 22.7. The second-order valence-electron chi connectivity index (χ2n) is 11.5. The molecule has 0 radical (unpaired) electrons. The van der Waals surface area contributed by atoms with Crippen molar-refractivity contribution in [3.63, 3.8) is 0 Å². The van der Waals surface area contributed by atoms with Gasteiger partial charge in [0.25, 0.3) is 0 Å². The predicted molar refractivity (Wildman–Crippen MR) is 186 cm³/mol. The molecular formula is C38H45NaO7S2. The van der Waals surface area contributed by atoms with Crippen LogP contribution in [0.25, 0.3) is 11.1 Å². The molecule has 1 unspecified atom stereocenters. The van der Waals surface area contributed by atoms with Crippen LogP contribution in [-0.2, 0) is 28.1 Å². The minimum absolute atomic E-state index is 0. The van der Waals surface area contributed by atoms with Gasteiger partial charge in [-0.1, -0.05) is 106 Å². The molecule has 252 valence electrons. The maximum Gasteiger partial charge on any atom is 1.00 e. The molecule has 0 aliphatic heterocycles. The van der Waals surface area contributed by atoms with Crippen LogP contribution >= 0.6 is 11.8 Å². The SMILES string of the molecule is CCCCCCCOCc1ccc(CO)c(C(O)c2ccccc2-c2ccc(Sc3ccc(OCCCC)cc3)c(S(=O)(=O)[O-])c2)c1.[Na+]. The van der Waals surface area contributed by atoms with Crippen molar-refractivity contribution < 1.29 is 62.2 Å². The summed E-state index contributed by atoms with van der Waals surface area (Å²) in [6, 6.07) is 24.7. The minimum Gasteiger partial charge on any atom is -0.744 e.